The number of hydrogen-bond donors (Lipinski definition) is 6. The van der Waals surface area contributed by atoms with Crippen LogP contribution in [0.4, 0.5) is 0 Å². The Morgan fingerprint density at radius 3 is 1.50 bits per heavy atom. The van der Waals surface area contributed by atoms with Gasteiger partial charge in [0.05, 0.1) is 0 Å². The van der Waals surface area contributed by atoms with Crippen LogP contribution in [0.5, 0.6) is 0 Å². The summed E-state index contributed by atoms with van der Waals surface area (Å²) in [5.41, 5.74) is 0. The molecule has 6 N–H and O–H groups in total. The Morgan fingerprint density at radius 2 is 1.13 bits per heavy atom. The first-order valence-electron chi connectivity index (χ1n) is 6.88. The van der Waals surface area contributed by atoms with Crippen LogP contribution in [-0.2, 0) is 68.8 Å². The first kappa shape index (κ1) is 28.1. The van der Waals surface area contributed by atoms with Crippen LogP contribution in [0.25, 0.3) is 0 Å². The van der Waals surface area contributed by atoms with Gasteiger partial charge in [-0.1, -0.05) is 12.0 Å². The summed E-state index contributed by atoms with van der Waals surface area (Å²) in [5, 5.41) is 11.9. The highest BCUT2D eigenvalue weighted by Crippen LogP contribution is 2.38. The predicted octanol–water partition coefficient (Wildman–Crippen LogP) is -1.28. The molecule has 1 saturated carbocycles. The van der Waals surface area contributed by atoms with Crippen LogP contribution in [0, 0.1) is 5.92 Å². The third-order valence-electron chi connectivity index (χ3n) is 3.42. The lowest BCUT2D eigenvalue weighted by Crippen LogP contribution is -2.64. The van der Waals surface area contributed by atoms with Crippen LogP contribution < -0.4 is 0 Å². The van der Waals surface area contributed by atoms with Crippen molar-refractivity contribution in [3.8, 4) is 0 Å². The van der Waals surface area contributed by atoms with Crippen molar-refractivity contribution in [3.63, 3.8) is 0 Å². The molecule has 0 aromatic heterocycles. The number of hydrogen-bond acceptors (Lipinski definition) is 13. The molecule has 0 aromatic rings. The average Bonchev–Trinajstić information content (AvgIpc) is 2.51. The fourth-order valence-electron chi connectivity index (χ4n) is 2.53. The van der Waals surface area contributed by atoms with Crippen LogP contribution in [0.1, 0.15) is 6.92 Å². The Hall–Kier alpha value is 0.0200. The second-order valence-corrected chi connectivity index (χ2v) is 10.8. The van der Waals surface area contributed by atoms with Crippen LogP contribution in [0.15, 0.2) is 0 Å². The van der Waals surface area contributed by atoms with Crippen molar-refractivity contribution in [1.82, 2.24) is 0 Å². The van der Waals surface area contributed by atoms with E-state index in [1.165, 1.54) is 0 Å². The summed E-state index contributed by atoms with van der Waals surface area (Å²) in [7, 11) is -19.6. The molecule has 30 heavy (non-hydrogen) atoms. The van der Waals surface area contributed by atoms with E-state index in [-0.39, 0.29) is 0 Å². The lowest BCUT2D eigenvalue weighted by molar-refractivity contribution is -0.519. The van der Waals surface area contributed by atoms with E-state index in [9.17, 15) is 25.3 Å². The van der Waals surface area contributed by atoms with E-state index in [0.29, 0.717) is 0 Å². The molecule has 18 nitrogen and oxygen atoms in total. The van der Waals surface area contributed by atoms with Gasteiger partial charge in [0.25, 0.3) is 0 Å². The molecule has 0 unspecified atom stereocenters. The molecule has 0 heterocycles. The minimum atomic E-state index is -5.50. The molecule has 1 rings (SSSR count). The van der Waals surface area contributed by atoms with Gasteiger partial charge >= 0.3 is 31.2 Å². The minimum Gasteiger partial charge on any atom is -0.310 e. The lowest BCUT2D eigenvalue weighted by atomic mass is 9.79. The quantitative estimate of drug-likeness (QED) is 0.0804. The Morgan fingerprint density at radius 1 is 0.733 bits per heavy atom. The third kappa shape index (κ3) is 9.25. The maximum atomic E-state index is 11.2. The summed E-state index contributed by atoms with van der Waals surface area (Å²) in [4.78, 5) is 4.30. The van der Waals surface area contributed by atoms with Crippen molar-refractivity contribution >= 4 is 49.4 Å². The highest BCUT2D eigenvalue weighted by molar-refractivity contribution is 8.12. The monoisotopic (exact) mass is 546 g/mol. The van der Waals surface area contributed by atoms with Crippen molar-refractivity contribution in [3.05, 3.63) is 0 Å². The molecule has 0 radical (unpaired) electrons. The van der Waals surface area contributed by atoms with Gasteiger partial charge in [0, 0.05) is 5.92 Å². The van der Waals surface area contributed by atoms with E-state index in [1.807, 2.05) is 0 Å². The van der Waals surface area contributed by atoms with Crippen LogP contribution in [0.3, 0.4) is 0 Å². The second-order valence-electron chi connectivity index (χ2n) is 5.35. The van der Waals surface area contributed by atoms with Crippen LogP contribution in [0.2, 0.25) is 0 Å². The van der Waals surface area contributed by atoms with Gasteiger partial charge in [-0.3, -0.25) is 13.7 Å². The molecule has 1 aliphatic rings. The van der Waals surface area contributed by atoms with E-state index in [0.717, 1.165) is 6.92 Å². The SMILES string of the molecule is C[C@@H]1[C@@H](OOO)[C@@H](OS(=O)(=O)O)[C@@H](OS(=O)(=O)O)[C@H](OP=S(O)O)[C@H]1OS(=O)(=O)O. The molecule has 23 heteroatoms. The molecule has 0 saturated heterocycles. The molecule has 0 aliphatic heterocycles. The predicted molar refractivity (Wildman–Crippen MR) is 91.4 cm³/mol. The van der Waals surface area contributed by atoms with Crippen LogP contribution >= 0.6 is 7.58 Å². The summed E-state index contributed by atoms with van der Waals surface area (Å²) in [6, 6.07) is 0. The lowest BCUT2D eigenvalue weighted by Gasteiger charge is -2.45. The van der Waals surface area contributed by atoms with Gasteiger partial charge in [0.15, 0.2) is 0 Å². The molecular weight excluding hydrogens is 531 g/mol. The van der Waals surface area contributed by atoms with Gasteiger partial charge in [0.1, 0.15) is 48.7 Å². The summed E-state index contributed by atoms with van der Waals surface area (Å²) < 4.78 is 130. The molecule has 0 aromatic carbocycles. The molecule has 180 valence electrons. The number of rotatable bonds is 10. The van der Waals surface area contributed by atoms with Crippen molar-refractivity contribution < 1.29 is 80.3 Å². The Labute approximate surface area is 173 Å². The summed E-state index contributed by atoms with van der Waals surface area (Å²) >= 11 is 0. The largest absolute Gasteiger partial charge is 0.397 e. The standard InChI is InChI=1S/C7H15O18PS4/c1-2-3(20-25-8)6(23-29(14,15)16)7(24-30(17,18)19)5(21-26-27(9)10)4(2)22-28(11,12)13/h2-10H,1H3,(H,11,12,13)(H,14,15,16)(H,17,18,19)/t2-,3-,4+,5-,6-,7+/m1/s1. The van der Waals surface area contributed by atoms with Gasteiger partial charge in [-0.05, 0) is 0 Å². The first-order chi connectivity index (χ1) is 13.4. The van der Waals surface area contributed by atoms with Gasteiger partial charge in [0.2, 0.25) is 0 Å². The average molecular weight is 546 g/mol. The van der Waals surface area contributed by atoms with E-state index >= 15 is 0 Å². The minimum absolute atomic E-state index is 0.784. The highest BCUT2D eigenvalue weighted by atomic mass is 32.5. The Bertz CT molecular complexity index is 922. The Kier molecular flexibility index (Phi) is 10.1. The van der Waals surface area contributed by atoms with Crippen LogP contribution in [-0.4, -0.2) is 83.8 Å². The van der Waals surface area contributed by atoms with E-state index < -0.39 is 85.9 Å². The summed E-state index contributed by atoms with van der Waals surface area (Å²) in [6.07, 6.45) is -11.1. The van der Waals surface area contributed by atoms with Gasteiger partial charge in [-0.2, -0.15) is 30.1 Å². The zero-order valence-electron chi connectivity index (χ0n) is 14.1. The topological polar surface area (TPSA) is 279 Å². The molecule has 1 fully saturated rings. The zero-order chi connectivity index (χ0) is 23.5. The molecule has 0 amide bonds. The fraction of sp³-hybridized carbons (Fsp3) is 1.00. The molecule has 0 bridgehead atoms. The van der Waals surface area contributed by atoms with Gasteiger partial charge in [-0.25, -0.2) is 17.8 Å². The highest BCUT2D eigenvalue weighted by Gasteiger charge is 2.57. The van der Waals surface area contributed by atoms with Gasteiger partial charge < -0.3 is 13.6 Å². The van der Waals surface area contributed by atoms with Crippen molar-refractivity contribution in [1.29, 1.82) is 0 Å². The van der Waals surface area contributed by atoms with E-state index in [1.54, 1.807) is 0 Å². The molecule has 1 aliphatic carbocycles. The Balaban J connectivity index is 3.66. The molecular formula is C7H15O18PS4. The van der Waals surface area contributed by atoms with Crippen molar-refractivity contribution in [2.24, 2.45) is 5.92 Å². The zero-order valence-corrected chi connectivity index (χ0v) is 18.3. The normalized spacial score (nSPS) is 31.3. The first-order valence-corrected chi connectivity index (χ1v) is 13.5. The van der Waals surface area contributed by atoms with E-state index in [4.69, 9.17) is 32.5 Å². The maximum Gasteiger partial charge on any atom is 0.397 e. The summed E-state index contributed by atoms with van der Waals surface area (Å²) in [5.74, 6) is -1.55. The third-order valence-corrected chi connectivity index (χ3v) is 5.93. The molecule has 6 atom stereocenters. The van der Waals surface area contributed by atoms with Gasteiger partial charge in [-0.15, -0.1) is 0 Å². The van der Waals surface area contributed by atoms with Crippen molar-refractivity contribution in [2.75, 3.05) is 0 Å². The maximum absolute atomic E-state index is 11.2. The van der Waals surface area contributed by atoms with Crippen molar-refractivity contribution in [2.45, 2.75) is 37.4 Å². The fourth-order valence-corrected chi connectivity index (χ4v) is 5.04. The summed E-state index contributed by atoms with van der Waals surface area (Å²) in [6.45, 7) is 1.01. The molecule has 0 spiro atoms. The smallest absolute Gasteiger partial charge is 0.310 e. The second kappa shape index (κ2) is 10.8. The van der Waals surface area contributed by atoms with E-state index in [2.05, 4.69) is 22.5 Å².